The molecule has 0 saturated heterocycles. The van der Waals surface area contributed by atoms with Crippen LogP contribution in [0.1, 0.15) is 16.7 Å². The van der Waals surface area contributed by atoms with Gasteiger partial charge in [0.15, 0.2) is 0 Å². The maximum atomic E-state index is 9.14. The van der Waals surface area contributed by atoms with E-state index in [1.165, 1.54) is 5.56 Å². The number of nitrogen functional groups attached to an aromatic ring is 1. The molecule has 0 aliphatic carbocycles. The van der Waals surface area contributed by atoms with E-state index >= 15 is 0 Å². The van der Waals surface area contributed by atoms with Crippen LogP contribution in [0.4, 0.5) is 5.69 Å². The molecule has 0 fully saturated rings. The van der Waals surface area contributed by atoms with Crippen LogP contribution in [-0.4, -0.2) is 4.57 Å². The summed E-state index contributed by atoms with van der Waals surface area (Å²) in [6.45, 7) is 2.80. The van der Waals surface area contributed by atoms with Gasteiger partial charge < -0.3 is 10.3 Å². The smallest absolute Gasteiger partial charge is 0.0998 e. The summed E-state index contributed by atoms with van der Waals surface area (Å²) in [6.07, 6.45) is 2.02. The monoisotopic (exact) mass is 261 g/mol. The van der Waals surface area contributed by atoms with Crippen LogP contribution in [0.25, 0.3) is 10.9 Å². The van der Waals surface area contributed by atoms with Crippen molar-refractivity contribution in [3.63, 3.8) is 0 Å². The number of aromatic nitrogens is 1. The molecule has 0 bridgehead atoms. The molecule has 2 aromatic carbocycles. The van der Waals surface area contributed by atoms with Gasteiger partial charge in [-0.05, 0) is 42.3 Å². The molecular formula is C17H15N3. The highest BCUT2D eigenvalue weighted by molar-refractivity contribution is 5.86. The molecule has 0 saturated carbocycles. The third-order valence-electron chi connectivity index (χ3n) is 3.76. The van der Waals surface area contributed by atoms with Gasteiger partial charge in [0.2, 0.25) is 0 Å². The van der Waals surface area contributed by atoms with E-state index in [-0.39, 0.29) is 0 Å². The normalized spacial score (nSPS) is 10.6. The first kappa shape index (κ1) is 12.3. The van der Waals surface area contributed by atoms with Crippen molar-refractivity contribution in [3.8, 4) is 6.07 Å². The molecule has 1 aromatic heterocycles. The molecule has 0 amide bonds. The molecule has 0 atom stereocenters. The number of anilines is 1. The number of nitrogens with zero attached hydrogens (tertiary/aromatic N) is 2. The highest BCUT2D eigenvalue weighted by Crippen LogP contribution is 2.23. The van der Waals surface area contributed by atoms with E-state index in [1.807, 2.05) is 49.5 Å². The molecule has 0 unspecified atom stereocenters. The van der Waals surface area contributed by atoms with Gasteiger partial charge in [-0.2, -0.15) is 5.26 Å². The summed E-state index contributed by atoms with van der Waals surface area (Å²) >= 11 is 0. The summed E-state index contributed by atoms with van der Waals surface area (Å²) in [5.41, 5.74) is 10.9. The van der Waals surface area contributed by atoms with Crippen LogP contribution in [0, 0.1) is 18.3 Å². The number of hydrogen-bond donors (Lipinski definition) is 1. The van der Waals surface area contributed by atoms with Crippen LogP contribution >= 0.6 is 0 Å². The summed E-state index contributed by atoms with van der Waals surface area (Å²) < 4.78 is 2.15. The Hall–Kier alpha value is -2.73. The van der Waals surface area contributed by atoms with Gasteiger partial charge in [-0.3, -0.25) is 0 Å². The Kier molecular flexibility index (Phi) is 2.92. The fourth-order valence-corrected chi connectivity index (χ4v) is 2.52. The van der Waals surface area contributed by atoms with Crippen molar-refractivity contribution < 1.29 is 0 Å². The first-order chi connectivity index (χ1) is 9.70. The van der Waals surface area contributed by atoms with E-state index in [0.717, 1.165) is 28.7 Å². The second-order valence-corrected chi connectivity index (χ2v) is 4.93. The Labute approximate surface area is 117 Å². The summed E-state index contributed by atoms with van der Waals surface area (Å²) in [7, 11) is 0. The highest BCUT2D eigenvalue weighted by Gasteiger charge is 2.07. The van der Waals surface area contributed by atoms with E-state index in [9.17, 15) is 0 Å². The average Bonchev–Trinajstić information content (AvgIpc) is 2.87. The van der Waals surface area contributed by atoms with E-state index < -0.39 is 0 Å². The minimum Gasteiger partial charge on any atom is -0.399 e. The van der Waals surface area contributed by atoms with Crippen molar-refractivity contribution in [2.45, 2.75) is 13.5 Å². The maximum absolute atomic E-state index is 9.14. The van der Waals surface area contributed by atoms with Crippen molar-refractivity contribution in [1.29, 1.82) is 5.26 Å². The lowest BCUT2D eigenvalue weighted by molar-refractivity contribution is 0.831. The van der Waals surface area contributed by atoms with E-state index in [0.29, 0.717) is 5.56 Å². The van der Waals surface area contributed by atoms with Crippen LogP contribution in [-0.2, 0) is 6.54 Å². The molecule has 3 nitrogen and oxygen atoms in total. The standard InChI is InChI=1S/C17H15N3/c1-12-14(5-2-6-16(12)19)11-20-9-8-15-13(10-18)4-3-7-17(15)20/h2-9H,11,19H2,1H3. The lowest BCUT2D eigenvalue weighted by Gasteiger charge is -2.10. The summed E-state index contributed by atoms with van der Waals surface area (Å²) in [4.78, 5) is 0. The quantitative estimate of drug-likeness (QED) is 0.718. The number of rotatable bonds is 2. The second-order valence-electron chi connectivity index (χ2n) is 4.93. The zero-order valence-corrected chi connectivity index (χ0v) is 11.3. The van der Waals surface area contributed by atoms with Crippen LogP contribution in [0.3, 0.4) is 0 Å². The molecule has 20 heavy (non-hydrogen) atoms. The number of nitrogens with two attached hydrogens (primary N) is 1. The van der Waals surface area contributed by atoms with Crippen molar-refractivity contribution in [3.05, 3.63) is 65.4 Å². The zero-order valence-electron chi connectivity index (χ0n) is 11.3. The molecule has 3 rings (SSSR count). The lowest BCUT2D eigenvalue weighted by atomic mass is 10.1. The molecule has 0 radical (unpaired) electrons. The Balaban J connectivity index is 2.08. The minimum atomic E-state index is 0.713. The average molecular weight is 261 g/mol. The fourth-order valence-electron chi connectivity index (χ4n) is 2.52. The largest absolute Gasteiger partial charge is 0.399 e. The summed E-state index contributed by atoms with van der Waals surface area (Å²) in [5.74, 6) is 0. The lowest BCUT2D eigenvalue weighted by Crippen LogP contribution is -2.02. The Morgan fingerprint density at radius 2 is 1.95 bits per heavy atom. The second kappa shape index (κ2) is 4.75. The van der Waals surface area contributed by atoms with E-state index in [1.54, 1.807) is 0 Å². The molecule has 98 valence electrons. The Bertz CT molecular complexity index is 822. The maximum Gasteiger partial charge on any atom is 0.0998 e. The molecule has 3 aromatic rings. The van der Waals surface area contributed by atoms with Gasteiger partial charge in [-0.1, -0.05) is 18.2 Å². The van der Waals surface area contributed by atoms with Gasteiger partial charge in [0, 0.05) is 29.3 Å². The SMILES string of the molecule is Cc1c(N)cccc1Cn1ccc2c(C#N)cccc21. The topological polar surface area (TPSA) is 54.7 Å². The van der Waals surface area contributed by atoms with Gasteiger partial charge in [-0.25, -0.2) is 0 Å². The summed E-state index contributed by atoms with van der Waals surface area (Å²) in [5, 5.41) is 10.1. The van der Waals surface area contributed by atoms with Crippen LogP contribution in [0.15, 0.2) is 48.7 Å². The number of hydrogen-bond acceptors (Lipinski definition) is 2. The molecule has 1 heterocycles. The van der Waals surface area contributed by atoms with Crippen LogP contribution in [0.5, 0.6) is 0 Å². The third-order valence-corrected chi connectivity index (χ3v) is 3.76. The minimum absolute atomic E-state index is 0.713. The van der Waals surface area contributed by atoms with Crippen molar-refractivity contribution in [2.24, 2.45) is 0 Å². The molecule has 0 aliphatic heterocycles. The first-order valence-corrected chi connectivity index (χ1v) is 6.52. The van der Waals surface area contributed by atoms with E-state index in [4.69, 9.17) is 11.0 Å². The van der Waals surface area contributed by atoms with Crippen molar-refractivity contribution in [2.75, 3.05) is 5.73 Å². The number of nitriles is 1. The predicted octanol–water partition coefficient (Wildman–Crippen LogP) is 3.45. The third kappa shape index (κ3) is 1.92. The molecule has 0 aliphatic rings. The van der Waals surface area contributed by atoms with Crippen LogP contribution < -0.4 is 5.73 Å². The Morgan fingerprint density at radius 1 is 1.15 bits per heavy atom. The fraction of sp³-hybridized carbons (Fsp3) is 0.118. The molecule has 0 spiro atoms. The number of benzene rings is 2. The van der Waals surface area contributed by atoms with Gasteiger partial charge in [0.25, 0.3) is 0 Å². The first-order valence-electron chi connectivity index (χ1n) is 6.52. The van der Waals surface area contributed by atoms with Gasteiger partial charge in [-0.15, -0.1) is 0 Å². The van der Waals surface area contributed by atoms with Crippen LogP contribution in [0.2, 0.25) is 0 Å². The van der Waals surface area contributed by atoms with Crippen molar-refractivity contribution >= 4 is 16.6 Å². The molecule has 3 heteroatoms. The van der Waals surface area contributed by atoms with E-state index in [2.05, 4.69) is 16.7 Å². The highest BCUT2D eigenvalue weighted by atomic mass is 14.9. The summed E-state index contributed by atoms with van der Waals surface area (Å²) in [6, 6.07) is 16.0. The Morgan fingerprint density at radius 3 is 2.75 bits per heavy atom. The van der Waals surface area contributed by atoms with Gasteiger partial charge in [0.05, 0.1) is 11.6 Å². The molecule has 2 N–H and O–H groups in total. The van der Waals surface area contributed by atoms with Gasteiger partial charge in [0.1, 0.15) is 0 Å². The molecular weight excluding hydrogens is 246 g/mol. The predicted molar refractivity (Wildman–Crippen MR) is 81.3 cm³/mol. The number of fused-ring (bicyclic) bond motifs is 1. The van der Waals surface area contributed by atoms with Gasteiger partial charge >= 0.3 is 0 Å². The zero-order chi connectivity index (χ0) is 14.1. The van der Waals surface area contributed by atoms with Crippen molar-refractivity contribution in [1.82, 2.24) is 4.57 Å².